The van der Waals surface area contributed by atoms with Gasteiger partial charge in [-0.15, -0.1) is 0 Å². The van der Waals surface area contributed by atoms with E-state index in [1.807, 2.05) is 30.3 Å². The van der Waals surface area contributed by atoms with Crippen LogP contribution in [0.5, 0.6) is 5.75 Å². The van der Waals surface area contributed by atoms with Gasteiger partial charge in [-0.1, -0.05) is 30.3 Å². The molecule has 0 spiro atoms. The molecule has 1 fully saturated rings. The second kappa shape index (κ2) is 10.9. The Bertz CT molecular complexity index is 1670. The number of aliphatic hydroxyl groups excluding tert-OH is 1. The first kappa shape index (κ1) is 27.9. The summed E-state index contributed by atoms with van der Waals surface area (Å²) in [5.74, 6) is -3.03. The van der Waals surface area contributed by atoms with E-state index in [-0.39, 0.29) is 40.1 Å². The number of aromatic hydroxyl groups is 1. The van der Waals surface area contributed by atoms with Crippen LogP contribution in [0, 0.1) is 11.8 Å². The number of nitrogens with two attached hydrogens (primary N) is 1. The zero-order valence-electron chi connectivity index (χ0n) is 23.1. The van der Waals surface area contributed by atoms with Crippen LogP contribution in [0.15, 0.2) is 89.6 Å². The quantitative estimate of drug-likeness (QED) is 0.345. The molecular weight excluding hydrogens is 527 g/mol. The van der Waals surface area contributed by atoms with Crippen molar-refractivity contribution >= 4 is 36.0 Å². The Hall–Kier alpha value is -4.27. The molecule has 4 aliphatic rings. The molecular formula is C34H32BN2O5. The molecule has 0 aliphatic heterocycles. The summed E-state index contributed by atoms with van der Waals surface area (Å²) in [7, 11) is 6.16. The third kappa shape index (κ3) is 4.61. The Morgan fingerprint density at radius 3 is 2.60 bits per heavy atom. The van der Waals surface area contributed by atoms with E-state index in [1.165, 1.54) is 11.6 Å². The summed E-state index contributed by atoms with van der Waals surface area (Å²) in [6.45, 7) is 1.48. The van der Waals surface area contributed by atoms with E-state index in [0.717, 1.165) is 28.8 Å². The average Bonchev–Trinajstić information content (AvgIpc) is 3.21. The van der Waals surface area contributed by atoms with Gasteiger partial charge in [0.2, 0.25) is 0 Å². The van der Waals surface area contributed by atoms with Gasteiger partial charge in [-0.3, -0.25) is 0 Å². The zero-order chi connectivity index (χ0) is 29.6. The van der Waals surface area contributed by atoms with Gasteiger partial charge in [0.1, 0.15) is 0 Å². The van der Waals surface area contributed by atoms with E-state index in [0.29, 0.717) is 25.8 Å². The van der Waals surface area contributed by atoms with Gasteiger partial charge in [0.05, 0.1) is 0 Å². The van der Waals surface area contributed by atoms with Gasteiger partial charge in [0.25, 0.3) is 0 Å². The summed E-state index contributed by atoms with van der Waals surface area (Å²) < 4.78 is 0. The van der Waals surface area contributed by atoms with Crippen LogP contribution >= 0.6 is 0 Å². The average molecular weight is 559 g/mol. The third-order valence-corrected chi connectivity index (χ3v) is 8.97. The molecule has 6 N–H and O–H groups in total. The molecule has 0 bridgehead atoms. The fourth-order valence-electron chi connectivity index (χ4n) is 6.82. The first-order valence-electron chi connectivity index (χ1n) is 14.2. The van der Waals surface area contributed by atoms with Crippen LogP contribution in [0.25, 0.3) is 11.3 Å². The molecule has 7 nitrogen and oxygen atoms in total. The molecule has 0 aromatic heterocycles. The molecule has 0 heterocycles. The van der Waals surface area contributed by atoms with E-state index in [1.54, 1.807) is 6.08 Å². The first-order chi connectivity index (χ1) is 20.2. The number of nitrogens with one attached hydrogen (secondary N) is 1. The molecule has 0 saturated heterocycles. The Morgan fingerprint density at radius 1 is 1.05 bits per heavy atom. The fraction of sp³-hybridized carbons (Fsp3) is 0.265. The number of phenolic OH excluding ortho intramolecular Hbond substituents is 1. The van der Waals surface area contributed by atoms with Crippen molar-refractivity contribution in [3.8, 4) is 5.75 Å². The first-order valence-corrected chi connectivity index (χ1v) is 14.2. The van der Waals surface area contributed by atoms with Crippen LogP contribution in [0.2, 0.25) is 0 Å². The Morgan fingerprint density at radius 2 is 1.83 bits per heavy atom. The third-order valence-electron chi connectivity index (χ3n) is 8.97. The number of hydrogen-bond acceptors (Lipinski definition) is 6. The summed E-state index contributed by atoms with van der Waals surface area (Å²) in [5.41, 5.74) is 8.10. The Balaban J connectivity index is 1.29. The number of rotatable bonds is 6. The van der Waals surface area contributed by atoms with Crippen molar-refractivity contribution in [1.82, 2.24) is 5.32 Å². The van der Waals surface area contributed by atoms with E-state index in [4.69, 9.17) is 13.2 Å². The Kier molecular flexibility index (Phi) is 7.21. The van der Waals surface area contributed by atoms with Crippen molar-refractivity contribution in [3.63, 3.8) is 0 Å². The molecule has 6 rings (SSSR count). The van der Waals surface area contributed by atoms with E-state index < -0.39 is 29.1 Å². The molecule has 1 saturated carbocycles. The second-order valence-electron chi connectivity index (χ2n) is 11.4. The van der Waals surface area contributed by atoms with Crippen LogP contribution in [-0.2, 0) is 22.6 Å². The van der Waals surface area contributed by atoms with E-state index >= 15 is 0 Å². The van der Waals surface area contributed by atoms with Crippen molar-refractivity contribution in [1.29, 1.82) is 0 Å². The van der Waals surface area contributed by atoms with Crippen molar-refractivity contribution in [2.24, 2.45) is 17.6 Å². The number of allylic oxidation sites excluding steroid dienone is 5. The minimum atomic E-state index is -2.15. The molecule has 211 valence electrons. The van der Waals surface area contributed by atoms with Gasteiger partial charge in [0.15, 0.2) is 0 Å². The fourth-order valence-corrected chi connectivity index (χ4v) is 6.82. The molecule has 2 aromatic carbocycles. The number of carbonyl (C=O) groups excluding carboxylic acids is 2. The molecule has 8 heteroatoms. The number of Topliss-reactive ketones (excluding diaryl/α,β-unsaturated/α-hetero) is 1. The van der Waals surface area contributed by atoms with Gasteiger partial charge in [-0.2, -0.15) is 0 Å². The summed E-state index contributed by atoms with van der Waals surface area (Å²) in [4.78, 5) is 25.7. The van der Waals surface area contributed by atoms with Crippen LogP contribution in [0.4, 0.5) is 0 Å². The van der Waals surface area contributed by atoms with Gasteiger partial charge < -0.3 is 5.32 Å². The molecule has 4 aliphatic carbocycles. The number of fused-ring (bicyclic) bond motifs is 3. The SMILES string of the molecule is [B]=C1C(C(N)=O)=CC[C@@H]2C[C@@H]3Cc4c(C5=CCC=C(CNCc6ccccc6)C=C5)ccc(O)c4C(O)=C3C(=O)[C@]12O. The summed E-state index contributed by atoms with van der Waals surface area (Å²) in [6, 6.07) is 13.6. The number of phenols is 1. The van der Waals surface area contributed by atoms with Crippen LogP contribution < -0.4 is 11.1 Å². The van der Waals surface area contributed by atoms with Gasteiger partial charge >= 0.3 is 191 Å². The van der Waals surface area contributed by atoms with Crippen LogP contribution in [0.3, 0.4) is 0 Å². The number of carbonyl (C=O) groups is 2. The summed E-state index contributed by atoms with van der Waals surface area (Å²) in [6.07, 6.45) is 11.7. The standard InChI is InChI=1S/C34H32BN2O5/c35-31-25(33(36)41)12-11-23-15-22-16-26-24(13-14-27(38)29(26)30(39)28(22)32(40)34(23,31)42)21-8-4-7-20(9-10-21)18-37-17-19-5-2-1-3-6-19/h1-3,5-10,12-14,22-23,37-39,42H,4,11,15-18H2,(H2,36,41)/t22-,23-,34-/m1/s1. The molecule has 0 unspecified atom stereocenters. The maximum atomic E-state index is 13.8. The monoisotopic (exact) mass is 559 g/mol. The molecule has 1 radical (unpaired) electrons. The van der Waals surface area contributed by atoms with Gasteiger partial charge in [0, 0.05) is 13.1 Å². The predicted molar refractivity (Wildman–Crippen MR) is 164 cm³/mol. The summed E-state index contributed by atoms with van der Waals surface area (Å²) >= 11 is 0. The molecule has 2 aromatic rings. The number of ketones is 1. The number of benzene rings is 2. The molecule has 1 amide bonds. The molecule has 3 atom stereocenters. The van der Waals surface area contributed by atoms with Crippen molar-refractivity contribution in [2.75, 3.05) is 6.54 Å². The second-order valence-corrected chi connectivity index (χ2v) is 11.4. The Labute approximate surface area is 245 Å². The number of amides is 1. The van der Waals surface area contributed by atoms with E-state index in [9.17, 15) is 24.9 Å². The van der Waals surface area contributed by atoms with Crippen molar-refractivity contribution < 1.29 is 24.9 Å². The van der Waals surface area contributed by atoms with Crippen LogP contribution in [-0.4, -0.2) is 52.1 Å². The topological polar surface area (TPSA) is 133 Å². The predicted octanol–water partition coefficient (Wildman–Crippen LogP) is 3.37. The van der Waals surface area contributed by atoms with Crippen molar-refractivity contribution in [3.05, 3.63) is 112 Å². The number of aliphatic hydroxyl groups is 2. The zero-order valence-corrected chi connectivity index (χ0v) is 23.1. The van der Waals surface area contributed by atoms with E-state index in [2.05, 4.69) is 35.7 Å². The number of primary amides is 1. The maximum absolute atomic E-state index is 13.8. The van der Waals surface area contributed by atoms with Crippen LogP contribution in [0.1, 0.15) is 41.5 Å². The minimum absolute atomic E-state index is 0.0289. The molecule has 42 heavy (non-hydrogen) atoms. The van der Waals surface area contributed by atoms with Gasteiger partial charge in [-0.25, -0.2) is 0 Å². The van der Waals surface area contributed by atoms with Crippen molar-refractivity contribution in [2.45, 2.75) is 37.8 Å². The summed E-state index contributed by atoms with van der Waals surface area (Å²) in [5, 5.41) is 37.4. The number of hydrogen-bond donors (Lipinski definition) is 5. The normalized spacial score (nSPS) is 25.0. The van der Waals surface area contributed by atoms with Gasteiger partial charge in [-0.05, 0) is 5.56 Å².